The van der Waals surface area contributed by atoms with E-state index in [1.807, 2.05) is 18.2 Å². The summed E-state index contributed by atoms with van der Waals surface area (Å²) < 4.78 is 10.6. The molecule has 0 spiro atoms. The number of ether oxygens (including phenoxy) is 2. The quantitative estimate of drug-likeness (QED) is 0.713. The zero-order valence-corrected chi connectivity index (χ0v) is 13.0. The summed E-state index contributed by atoms with van der Waals surface area (Å²) in [5.74, 6) is 8.02. The number of rotatable bonds is 7. The average Bonchev–Trinajstić information content (AvgIpc) is 2.47. The molecule has 0 fully saturated rings. The lowest BCUT2D eigenvalue weighted by atomic mass is 10.2. The smallest absolute Gasteiger partial charge is 0.134 e. The molecule has 0 saturated heterocycles. The largest absolute Gasteiger partial charge is 0.497 e. The van der Waals surface area contributed by atoms with Crippen molar-refractivity contribution in [3.63, 3.8) is 0 Å². The molecule has 1 rings (SSSR count). The summed E-state index contributed by atoms with van der Waals surface area (Å²) in [7, 11) is 3.32. The Labute approximate surface area is 122 Å². The van der Waals surface area contributed by atoms with Gasteiger partial charge in [-0.2, -0.15) is 0 Å². The summed E-state index contributed by atoms with van der Waals surface area (Å²) in [4.78, 5) is 2.37. The van der Waals surface area contributed by atoms with E-state index < -0.39 is 0 Å². The molecule has 0 unspecified atom stereocenters. The van der Waals surface area contributed by atoms with Crippen molar-refractivity contribution >= 4 is 0 Å². The van der Waals surface area contributed by atoms with Crippen LogP contribution in [-0.4, -0.2) is 38.8 Å². The van der Waals surface area contributed by atoms with E-state index in [1.54, 1.807) is 14.2 Å². The molecule has 0 atom stereocenters. The Balaban J connectivity index is 2.78. The number of nitrogens with zero attached hydrogens (tertiary/aromatic N) is 1. The molecule has 3 nitrogen and oxygen atoms in total. The second kappa shape index (κ2) is 9.28. The van der Waals surface area contributed by atoms with Crippen LogP contribution in [0.1, 0.15) is 32.3 Å². The average molecular weight is 275 g/mol. The van der Waals surface area contributed by atoms with E-state index in [2.05, 4.69) is 30.6 Å². The van der Waals surface area contributed by atoms with E-state index in [0.29, 0.717) is 0 Å². The normalized spacial score (nSPS) is 10.1. The van der Waals surface area contributed by atoms with Gasteiger partial charge in [-0.05, 0) is 44.1 Å². The van der Waals surface area contributed by atoms with Gasteiger partial charge in [-0.1, -0.05) is 25.7 Å². The summed E-state index contributed by atoms with van der Waals surface area (Å²) in [5, 5.41) is 0. The standard InChI is InChI=1S/C17H25NO2/c1-5-11-18(12-6-2)13-7-8-15-14-16(19-3)9-10-17(15)20-4/h9-10,14H,5-6,11-13H2,1-4H3. The van der Waals surface area contributed by atoms with Crippen molar-refractivity contribution in [3.05, 3.63) is 23.8 Å². The Bertz CT molecular complexity index is 454. The van der Waals surface area contributed by atoms with Crippen molar-refractivity contribution in [2.24, 2.45) is 0 Å². The molecular weight excluding hydrogens is 250 g/mol. The second-order valence-electron chi connectivity index (χ2n) is 4.64. The number of methoxy groups -OCH3 is 2. The maximum atomic E-state index is 5.33. The Kier molecular flexibility index (Phi) is 7.60. The number of hydrogen-bond acceptors (Lipinski definition) is 3. The molecule has 0 aliphatic rings. The molecule has 0 saturated carbocycles. The van der Waals surface area contributed by atoms with Crippen LogP contribution in [0, 0.1) is 11.8 Å². The third-order valence-electron chi connectivity index (χ3n) is 3.01. The minimum atomic E-state index is 0.788. The number of hydrogen-bond donors (Lipinski definition) is 0. The minimum Gasteiger partial charge on any atom is -0.497 e. The predicted molar refractivity (Wildman–Crippen MR) is 83.4 cm³/mol. The molecular formula is C17H25NO2. The molecule has 0 bridgehead atoms. The van der Waals surface area contributed by atoms with E-state index in [0.717, 1.165) is 49.5 Å². The molecule has 0 aromatic heterocycles. The van der Waals surface area contributed by atoms with Gasteiger partial charge in [0.1, 0.15) is 11.5 Å². The highest BCUT2D eigenvalue weighted by Crippen LogP contribution is 2.22. The van der Waals surface area contributed by atoms with Crippen molar-refractivity contribution in [3.8, 4) is 23.3 Å². The fraction of sp³-hybridized carbons (Fsp3) is 0.529. The molecule has 0 radical (unpaired) electrons. The summed E-state index contributed by atoms with van der Waals surface area (Å²) in [6, 6.07) is 5.68. The molecule has 20 heavy (non-hydrogen) atoms. The highest BCUT2D eigenvalue weighted by atomic mass is 16.5. The fourth-order valence-corrected chi connectivity index (χ4v) is 2.06. The van der Waals surface area contributed by atoms with Crippen molar-refractivity contribution < 1.29 is 9.47 Å². The maximum Gasteiger partial charge on any atom is 0.134 e. The van der Waals surface area contributed by atoms with Gasteiger partial charge in [0.2, 0.25) is 0 Å². The summed E-state index contributed by atoms with van der Waals surface area (Å²) in [6.07, 6.45) is 2.31. The zero-order valence-electron chi connectivity index (χ0n) is 13.0. The van der Waals surface area contributed by atoms with Crippen LogP contribution < -0.4 is 9.47 Å². The van der Waals surface area contributed by atoms with Gasteiger partial charge in [0, 0.05) is 0 Å². The molecule has 1 aromatic carbocycles. The van der Waals surface area contributed by atoms with Crippen LogP contribution in [0.5, 0.6) is 11.5 Å². The highest BCUT2D eigenvalue weighted by molar-refractivity contribution is 5.50. The maximum absolute atomic E-state index is 5.33. The van der Waals surface area contributed by atoms with E-state index in [4.69, 9.17) is 9.47 Å². The molecule has 1 aromatic rings. The van der Waals surface area contributed by atoms with Crippen molar-refractivity contribution in [2.45, 2.75) is 26.7 Å². The van der Waals surface area contributed by atoms with E-state index in [9.17, 15) is 0 Å². The first-order valence-corrected chi connectivity index (χ1v) is 7.18. The zero-order chi connectivity index (χ0) is 14.8. The van der Waals surface area contributed by atoms with Crippen LogP contribution in [0.4, 0.5) is 0 Å². The Morgan fingerprint density at radius 1 is 1.05 bits per heavy atom. The van der Waals surface area contributed by atoms with Gasteiger partial charge in [0.15, 0.2) is 0 Å². The minimum absolute atomic E-state index is 0.788. The molecule has 0 amide bonds. The van der Waals surface area contributed by atoms with Crippen LogP contribution in [0.15, 0.2) is 18.2 Å². The van der Waals surface area contributed by atoms with Crippen LogP contribution in [0.2, 0.25) is 0 Å². The fourth-order valence-electron chi connectivity index (χ4n) is 2.06. The Morgan fingerprint density at radius 3 is 2.30 bits per heavy atom. The van der Waals surface area contributed by atoms with Gasteiger partial charge < -0.3 is 9.47 Å². The first-order valence-electron chi connectivity index (χ1n) is 7.18. The SMILES string of the molecule is CCCN(CC#Cc1cc(OC)ccc1OC)CCC. The van der Waals surface area contributed by atoms with Gasteiger partial charge in [-0.25, -0.2) is 0 Å². The van der Waals surface area contributed by atoms with Gasteiger partial charge >= 0.3 is 0 Å². The van der Waals surface area contributed by atoms with E-state index in [-0.39, 0.29) is 0 Å². The van der Waals surface area contributed by atoms with E-state index >= 15 is 0 Å². The third-order valence-corrected chi connectivity index (χ3v) is 3.01. The molecule has 0 N–H and O–H groups in total. The summed E-state index contributed by atoms with van der Waals surface area (Å²) >= 11 is 0. The van der Waals surface area contributed by atoms with Gasteiger partial charge in [0.05, 0.1) is 26.3 Å². The first-order chi connectivity index (χ1) is 9.74. The third kappa shape index (κ3) is 5.14. The van der Waals surface area contributed by atoms with Crippen LogP contribution in [-0.2, 0) is 0 Å². The predicted octanol–water partition coefficient (Wildman–Crippen LogP) is 3.18. The lowest BCUT2D eigenvalue weighted by Crippen LogP contribution is -2.25. The molecule has 3 heteroatoms. The second-order valence-corrected chi connectivity index (χ2v) is 4.64. The molecule has 0 aliphatic carbocycles. The lowest BCUT2D eigenvalue weighted by Gasteiger charge is -2.17. The molecule has 0 aliphatic heterocycles. The van der Waals surface area contributed by atoms with Crippen LogP contribution in [0.25, 0.3) is 0 Å². The highest BCUT2D eigenvalue weighted by Gasteiger charge is 2.03. The van der Waals surface area contributed by atoms with Gasteiger partial charge in [-0.3, -0.25) is 4.90 Å². The summed E-state index contributed by atoms with van der Waals surface area (Å²) in [5.41, 5.74) is 0.875. The van der Waals surface area contributed by atoms with Crippen molar-refractivity contribution in [2.75, 3.05) is 33.9 Å². The van der Waals surface area contributed by atoms with E-state index in [1.165, 1.54) is 0 Å². The van der Waals surface area contributed by atoms with Gasteiger partial charge in [0.25, 0.3) is 0 Å². The van der Waals surface area contributed by atoms with Crippen LogP contribution >= 0.6 is 0 Å². The summed E-state index contributed by atoms with van der Waals surface area (Å²) in [6.45, 7) is 7.37. The monoisotopic (exact) mass is 275 g/mol. The van der Waals surface area contributed by atoms with Crippen molar-refractivity contribution in [1.29, 1.82) is 0 Å². The topological polar surface area (TPSA) is 21.7 Å². The lowest BCUT2D eigenvalue weighted by molar-refractivity contribution is 0.308. The molecule has 110 valence electrons. The number of benzene rings is 1. The van der Waals surface area contributed by atoms with Gasteiger partial charge in [-0.15, -0.1) is 0 Å². The first kappa shape index (κ1) is 16.4. The Hall–Kier alpha value is -1.66. The molecule has 0 heterocycles. The Morgan fingerprint density at radius 2 is 1.75 bits per heavy atom. The van der Waals surface area contributed by atoms with Crippen molar-refractivity contribution in [1.82, 2.24) is 4.90 Å². The van der Waals surface area contributed by atoms with Crippen LogP contribution in [0.3, 0.4) is 0 Å².